The number of rotatable bonds is 5. The fourth-order valence-electron chi connectivity index (χ4n) is 15.2. The van der Waals surface area contributed by atoms with Crippen LogP contribution in [0.25, 0.3) is 121 Å². The molecule has 0 unspecified atom stereocenters. The van der Waals surface area contributed by atoms with Crippen molar-refractivity contribution >= 4 is 65.8 Å². The summed E-state index contributed by atoms with van der Waals surface area (Å²) in [4.78, 5) is 0. The molecule has 3 aromatic heterocycles. The van der Waals surface area contributed by atoms with Crippen LogP contribution in [0.4, 0.5) is 0 Å². The van der Waals surface area contributed by atoms with Crippen molar-refractivity contribution in [1.29, 1.82) is 0 Å². The van der Waals surface area contributed by atoms with Gasteiger partial charge in [0.2, 0.25) is 0 Å². The van der Waals surface area contributed by atoms with Crippen LogP contribution in [0.1, 0.15) is 248 Å². The van der Waals surface area contributed by atoms with Gasteiger partial charge in [-0.3, -0.25) is 0 Å². The Bertz CT molecular complexity index is 5750. The molecule has 0 spiro atoms. The lowest BCUT2D eigenvalue weighted by molar-refractivity contribution is 0.568. The Morgan fingerprint density at radius 1 is 0.236 bits per heavy atom. The lowest BCUT2D eigenvalue weighted by Crippen LogP contribution is -2.16. The first-order valence-corrected chi connectivity index (χ1v) is 38.4. The summed E-state index contributed by atoms with van der Waals surface area (Å²) in [5, 5.41) is 6.92. The molecule has 0 radical (unpaired) electrons. The van der Waals surface area contributed by atoms with Gasteiger partial charge in [0.1, 0.15) is 33.5 Å². The van der Waals surface area contributed by atoms with Crippen molar-refractivity contribution < 1.29 is 18.7 Å². The molecular weight excluding hydrogens is 1290 g/mol. The standard InChI is InChI=1S/C37H42O.C36H40O.C30H36O/c1-23-13-11-14-24(19-23)29-17-18-31-33(34(29)37(8,9)10)32-28(15-12-16-30(32)38-31)25-20-26(35(2,3)4)22-27(21-25)36(5,6)7;1-34(2,3)25-20-24(21-26(22-25)35(4,5)6)27-16-13-17-29-31(27)32-30(37-29)19-18-28(33(32)36(7,8)9)23-14-11-10-12-15-23;1-28(2,3)20-16-19(17-21(18-20)29(4,5)6)22-12-10-14-24-26(22)27-23(30(7,8)9)13-11-15-25(27)31-24/h11-22H,1-10H3;10-22H,1-9H3;10-18H,1-9H3/i11D,13D,14D,19D;;. The molecule has 106 heavy (non-hydrogen) atoms. The number of hydrogen-bond donors (Lipinski definition) is 0. The van der Waals surface area contributed by atoms with Gasteiger partial charge in [-0.1, -0.05) is 362 Å². The van der Waals surface area contributed by atoms with Gasteiger partial charge in [-0.2, -0.15) is 0 Å². The minimum Gasteiger partial charge on any atom is -0.456 e. The molecule has 0 aliphatic rings. The summed E-state index contributed by atoms with van der Waals surface area (Å²) in [5.41, 5.74) is 28.2. The summed E-state index contributed by atoms with van der Waals surface area (Å²) in [5.74, 6) is 0. The Morgan fingerprint density at radius 2 is 0.538 bits per heavy atom. The fraction of sp³-hybridized carbons (Fsp3) is 0.359. The summed E-state index contributed by atoms with van der Waals surface area (Å²) in [6.45, 7) is 63.0. The van der Waals surface area contributed by atoms with E-state index in [9.17, 15) is 0 Å². The second kappa shape index (κ2) is 27.2. The molecule has 0 saturated heterocycles. The second-order valence-electron chi connectivity index (χ2n) is 39.3. The summed E-state index contributed by atoms with van der Waals surface area (Å²) < 4.78 is 53.9. The van der Waals surface area contributed by atoms with Crippen molar-refractivity contribution in [2.24, 2.45) is 0 Å². The molecule has 3 nitrogen and oxygen atoms in total. The molecule has 0 bridgehead atoms. The van der Waals surface area contributed by atoms with E-state index in [1.807, 2.05) is 24.3 Å². The average molecular weight is 1410 g/mol. The maximum absolute atomic E-state index is 8.94. The van der Waals surface area contributed by atoms with E-state index in [0.29, 0.717) is 11.1 Å². The van der Waals surface area contributed by atoms with E-state index in [1.54, 1.807) is 6.92 Å². The number of benzene rings is 11. The highest BCUT2D eigenvalue weighted by molar-refractivity contribution is 6.18. The van der Waals surface area contributed by atoms with Crippen molar-refractivity contribution in [2.75, 3.05) is 0 Å². The monoisotopic (exact) mass is 1410 g/mol. The molecular formula is C103H118O3. The van der Waals surface area contributed by atoms with Gasteiger partial charge >= 0.3 is 0 Å². The number of hydrogen-bond acceptors (Lipinski definition) is 3. The zero-order valence-electron chi connectivity index (χ0n) is 73.0. The van der Waals surface area contributed by atoms with Crippen molar-refractivity contribution in [3.05, 3.63) is 262 Å². The topological polar surface area (TPSA) is 39.4 Å². The van der Waals surface area contributed by atoms with Crippen molar-refractivity contribution in [3.63, 3.8) is 0 Å². The smallest absolute Gasteiger partial charge is 0.136 e. The molecule has 3 heteroatoms. The predicted molar refractivity (Wildman–Crippen MR) is 461 cm³/mol. The molecule has 0 saturated carbocycles. The summed E-state index contributed by atoms with van der Waals surface area (Å²) >= 11 is 0. The Kier molecular flexibility index (Phi) is 18.3. The van der Waals surface area contributed by atoms with Crippen molar-refractivity contribution in [1.82, 2.24) is 0 Å². The average Bonchev–Trinajstić information content (AvgIpc) is 1.44. The van der Waals surface area contributed by atoms with Crippen LogP contribution in [0.3, 0.4) is 0 Å². The van der Waals surface area contributed by atoms with Crippen LogP contribution >= 0.6 is 0 Å². The largest absolute Gasteiger partial charge is 0.456 e. The van der Waals surface area contributed by atoms with E-state index in [1.165, 1.54) is 99.4 Å². The molecule has 0 aliphatic heterocycles. The van der Waals surface area contributed by atoms with Gasteiger partial charge < -0.3 is 13.3 Å². The molecule has 14 aromatic rings. The van der Waals surface area contributed by atoms with Gasteiger partial charge in [0.15, 0.2) is 0 Å². The Labute approximate surface area is 640 Å². The van der Waals surface area contributed by atoms with Crippen molar-refractivity contribution in [3.8, 4) is 55.6 Å². The van der Waals surface area contributed by atoms with Gasteiger partial charge in [-0.05, 0) is 198 Å². The highest BCUT2D eigenvalue weighted by Crippen LogP contribution is 2.51. The first kappa shape index (κ1) is 71.1. The first-order valence-electron chi connectivity index (χ1n) is 40.4. The third-order valence-electron chi connectivity index (χ3n) is 21.2. The molecule has 0 atom stereocenters. The molecule has 14 rings (SSSR count). The van der Waals surface area contributed by atoms with Crippen LogP contribution in [0.15, 0.2) is 219 Å². The van der Waals surface area contributed by atoms with E-state index in [4.69, 9.17) is 18.7 Å². The predicted octanol–water partition coefficient (Wildman–Crippen LogP) is 31.1. The molecule has 0 N–H and O–H groups in total. The van der Waals surface area contributed by atoms with Crippen LogP contribution in [-0.2, 0) is 48.7 Å². The molecule has 11 aromatic carbocycles. The van der Waals surface area contributed by atoms with Gasteiger partial charge in [-0.15, -0.1) is 0 Å². The van der Waals surface area contributed by atoms with Crippen LogP contribution in [0.5, 0.6) is 0 Å². The Morgan fingerprint density at radius 3 is 0.858 bits per heavy atom. The normalized spacial score (nSPS) is 13.6. The lowest BCUT2D eigenvalue weighted by atomic mass is 9.77. The maximum atomic E-state index is 8.94. The summed E-state index contributed by atoms with van der Waals surface area (Å²) in [6.07, 6.45) is 0. The highest BCUT2D eigenvalue weighted by Gasteiger charge is 2.32. The molecule has 3 heterocycles. The Balaban J connectivity index is 0.000000155. The van der Waals surface area contributed by atoms with Crippen molar-refractivity contribution in [2.45, 2.75) is 243 Å². The van der Waals surface area contributed by atoms with Crippen LogP contribution < -0.4 is 0 Å². The fourth-order valence-corrected chi connectivity index (χ4v) is 15.2. The van der Waals surface area contributed by atoms with E-state index in [2.05, 4.69) is 345 Å². The SMILES string of the molecule is CC(C)(C)c1cc(-c2cccc3oc4ccc(-c5ccccc5)c(C(C)(C)C)c4c23)cc(C(C)(C)C)c1.CC(C)(C)c1cc(-c2cccc3oc4cccc(C(C)(C)C)c4c23)cc(C(C)(C)C)c1.[2H]c1c([2H])c(C)c([2H])c(-c2ccc3oc4cccc(-c5cc(C(C)(C)C)cc(C(C)(C)C)c5)c4c3c2C(C)(C)C)c1[2H]. The highest BCUT2D eigenvalue weighted by atomic mass is 16.3. The van der Waals surface area contributed by atoms with E-state index < -0.39 is 0 Å². The minimum atomic E-state index is -0.378. The van der Waals surface area contributed by atoms with Gasteiger partial charge in [0, 0.05) is 32.3 Å². The van der Waals surface area contributed by atoms with Gasteiger partial charge in [0.05, 0.1) is 5.48 Å². The molecule has 0 aliphatic carbocycles. The van der Waals surface area contributed by atoms with Crippen LogP contribution in [-0.4, -0.2) is 0 Å². The van der Waals surface area contributed by atoms with Crippen LogP contribution in [0, 0.1) is 6.92 Å². The number of fused-ring (bicyclic) bond motifs is 9. The first-order chi connectivity index (χ1) is 50.8. The zero-order chi connectivity index (χ0) is 80.6. The third kappa shape index (κ3) is 15.4. The van der Waals surface area contributed by atoms with Crippen LogP contribution in [0.2, 0.25) is 0 Å². The van der Waals surface area contributed by atoms with E-state index in [0.717, 1.165) is 66.5 Å². The lowest BCUT2D eigenvalue weighted by Gasteiger charge is -2.27. The Hall–Kier alpha value is -9.18. The second-order valence-corrected chi connectivity index (χ2v) is 39.3. The number of furan rings is 3. The van der Waals surface area contributed by atoms with E-state index >= 15 is 0 Å². The molecule has 0 amide bonds. The molecule has 548 valence electrons. The zero-order valence-corrected chi connectivity index (χ0v) is 69.0. The summed E-state index contributed by atoms with van der Waals surface area (Å²) in [6, 6.07) is 65.8. The maximum Gasteiger partial charge on any atom is 0.136 e. The van der Waals surface area contributed by atoms with E-state index in [-0.39, 0.29) is 72.9 Å². The third-order valence-corrected chi connectivity index (χ3v) is 21.2. The minimum absolute atomic E-state index is 0.0308. The van der Waals surface area contributed by atoms with Gasteiger partial charge in [0.25, 0.3) is 0 Å². The van der Waals surface area contributed by atoms with Gasteiger partial charge in [-0.25, -0.2) is 0 Å². The quantitative estimate of drug-likeness (QED) is 0.172. The molecule has 0 fully saturated rings. The summed E-state index contributed by atoms with van der Waals surface area (Å²) in [7, 11) is 0.